The molecule has 0 amide bonds. The van der Waals surface area contributed by atoms with E-state index >= 15 is 0 Å². The summed E-state index contributed by atoms with van der Waals surface area (Å²) in [5.74, 6) is 1.16. The van der Waals surface area contributed by atoms with Gasteiger partial charge in [0.15, 0.2) is 0 Å². The fraction of sp³-hybridized carbons (Fsp3) is 1.00. The summed E-state index contributed by atoms with van der Waals surface area (Å²) in [6.45, 7) is 6.86. The molecule has 0 aromatic heterocycles. The van der Waals surface area contributed by atoms with E-state index in [1.165, 1.54) is 12.8 Å². The summed E-state index contributed by atoms with van der Waals surface area (Å²) >= 11 is 0. The van der Waals surface area contributed by atoms with Gasteiger partial charge in [-0.3, -0.25) is 0 Å². The van der Waals surface area contributed by atoms with Gasteiger partial charge in [-0.25, -0.2) is 0 Å². The van der Waals surface area contributed by atoms with Crippen molar-refractivity contribution in [2.24, 2.45) is 22.7 Å². The van der Waals surface area contributed by atoms with E-state index in [4.69, 9.17) is 0 Å². The first-order valence-electron chi connectivity index (χ1n) is 7.17. The number of aliphatic hydroxyl groups is 2. The molecule has 0 radical (unpaired) electrons. The van der Waals surface area contributed by atoms with E-state index in [0.717, 1.165) is 25.7 Å². The lowest BCUT2D eigenvalue weighted by Crippen LogP contribution is -2.57. The van der Waals surface area contributed by atoms with Crippen molar-refractivity contribution in [1.82, 2.24) is 0 Å². The van der Waals surface area contributed by atoms with Crippen LogP contribution >= 0.6 is 0 Å². The van der Waals surface area contributed by atoms with Crippen molar-refractivity contribution in [2.45, 2.75) is 71.0 Å². The van der Waals surface area contributed by atoms with Crippen LogP contribution in [0.4, 0.5) is 0 Å². The molecule has 0 aromatic carbocycles. The zero-order valence-electron chi connectivity index (χ0n) is 11.4. The molecule has 1 unspecified atom stereocenters. The fourth-order valence-electron chi connectivity index (χ4n) is 5.10. The van der Waals surface area contributed by atoms with Gasteiger partial charge < -0.3 is 10.2 Å². The molecule has 2 nitrogen and oxygen atoms in total. The van der Waals surface area contributed by atoms with Crippen LogP contribution in [-0.2, 0) is 0 Å². The Balaban J connectivity index is 1.93. The zero-order chi connectivity index (χ0) is 12.5. The third kappa shape index (κ3) is 1.53. The molecule has 5 atom stereocenters. The standard InChI is InChI=1S/C15H26O2/c1-13(2)8-11-10(13)4-6-14(3)9-15(11,17)7-5-12(14)16/h10-12,16-17H,4-9H2,1-3H3/t10-,11+,12?,14+,15-/m1/s1. The maximum atomic E-state index is 11.0. The minimum atomic E-state index is -0.481. The Kier molecular flexibility index (Phi) is 2.30. The lowest BCUT2D eigenvalue weighted by molar-refractivity contribution is -0.176. The van der Waals surface area contributed by atoms with Crippen LogP contribution in [0.5, 0.6) is 0 Å². The van der Waals surface area contributed by atoms with Gasteiger partial charge in [0, 0.05) is 0 Å². The molecule has 17 heavy (non-hydrogen) atoms. The Labute approximate surface area is 104 Å². The molecule has 0 saturated heterocycles. The summed E-state index contributed by atoms with van der Waals surface area (Å²) in [6.07, 6.45) is 5.65. The molecule has 3 fully saturated rings. The first-order valence-corrected chi connectivity index (χ1v) is 7.17. The Hall–Kier alpha value is -0.0800. The molecule has 0 spiro atoms. The SMILES string of the molecule is CC1(C)C[C@H]2[C@H]1CC[C@@]1(C)C[C@]2(O)CCC1O. The highest BCUT2D eigenvalue weighted by Gasteiger charge is 2.61. The van der Waals surface area contributed by atoms with Gasteiger partial charge in [0.2, 0.25) is 0 Å². The fourth-order valence-corrected chi connectivity index (χ4v) is 5.10. The van der Waals surface area contributed by atoms with Gasteiger partial charge in [-0.05, 0) is 61.2 Å². The van der Waals surface area contributed by atoms with Crippen molar-refractivity contribution in [1.29, 1.82) is 0 Å². The van der Waals surface area contributed by atoms with Crippen LogP contribution in [0.15, 0.2) is 0 Å². The van der Waals surface area contributed by atoms with Gasteiger partial charge in [-0.1, -0.05) is 20.8 Å². The van der Waals surface area contributed by atoms with Crippen LogP contribution < -0.4 is 0 Å². The number of hydrogen-bond acceptors (Lipinski definition) is 2. The first-order chi connectivity index (χ1) is 7.77. The molecule has 3 aliphatic rings. The lowest BCUT2D eigenvalue weighted by Gasteiger charge is -2.58. The molecule has 0 aromatic rings. The van der Waals surface area contributed by atoms with E-state index in [0.29, 0.717) is 17.3 Å². The zero-order valence-corrected chi connectivity index (χ0v) is 11.4. The summed E-state index contributed by atoms with van der Waals surface area (Å²) in [5, 5.41) is 21.2. The summed E-state index contributed by atoms with van der Waals surface area (Å²) in [5.41, 5.74) is -0.121. The van der Waals surface area contributed by atoms with Gasteiger partial charge in [0.1, 0.15) is 0 Å². The summed E-state index contributed by atoms with van der Waals surface area (Å²) in [6, 6.07) is 0. The second-order valence-electron chi connectivity index (χ2n) is 7.93. The monoisotopic (exact) mass is 238 g/mol. The van der Waals surface area contributed by atoms with E-state index in [-0.39, 0.29) is 11.5 Å². The third-order valence-corrected chi connectivity index (χ3v) is 6.32. The molecule has 2 N–H and O–H groups in total. The number of rotatable bonds is 0. The van der Waals surface area contributed by atoms with Crippen LogP contribution in [0.25, 0.3) is 0 Å². The van der Waals surface area contributed by atoms with E-state index in [2.05, 4.69) is 20.8 Å². The minimum absolute atomic E-state index is 0.0413. The molecule has 3 saturated carbocycles. The topological polar surface area (TPSA) is 40.5 Å². The predicted molar refractivity (Wildman–Crippen MR) is 67.5 cm³/mol. The van der Waals surface area contributed by atoms with Crippen LogP contribution in [0.3, 0.4) is 0 Å². The second-order valence-corrected chi connectivity index (χ2v) is 7.93. The Bertz CT molecular complexity index is 338. The normalized spacial score (nSPS) is 56.6. The van der Waals surface area contributed by atoms with Crippen molar-refractivity contribution >= 4 is 0 Å². The maximum absolute atomic E-state index is 11.0. The smallest absolute Gasteiger partial charge is 0.0686 e. The maximum Gasteiger partial charge on any atom is 0.0686 e. The highest BCUT2D eigenvalue weighted by molar-refractivity contribution is 5.12. The van der Waals surface area contributed by atoms with E-state index in [1.54, 1.807) is 0 Å². The first kappa shape index (κ1) is 12.0. The Morgan fingerprint density at radius 1 is 1.00 bits per heavy atom. The Morgan fingerprint density at radius 3 is 2.35 bits per heavy atom. The van der Waals surface area contributed by atoms with Crippen molar-refractivity contribution in [3.63, 3.8) is 0 Å². The minimum Gasteiger partial charge on any atom is -0.393 e. The molecule has 98 valence electrons. The second kappa shape index (κ2) is 3.27. The summed E-state index contributed by atoms with van der Waals surface area (Å²) in [7, 11) is 0. The molecular weight excluding hydrogens is 212 g/mol. The van der Waals surface area contributed by atoms with Crippen molar-refractivity contribution in [3.05, 3.63) is 0 Å². The highest BCUT2D eigenvalue weighted by Crippen LogP contribution is 2.64. The van der Waals surface area contributed by atoms with E-state index < -0.39 is 5.60 Å². The van der Waals surface area contributed by atoms with E-state index in [1.807, 2.05) is 0 Å². The van der Waals surface area contributed by atoms with E-state index in [9.17, 15) is 10.2 Å². The molecule has 3 aliphatic carbocycles. The van der Waals surface area contributed by atoms with Gasteiger partial charge in [0.05, 0.1) is 11.7 Å². The number of fused-ring (bicyclic) bond motifs is 4. The average molecular weight is 238 g/mol. The lowest BCUT2D eigenvalue weighted by atomic mass is 9.49. The summed E-state index contributed by atoms with van der Waals surface area (Å²) < 4.78 is 0. The van der Waals surface area contributed by atoms with Gasteiger partial charge in [0.25, 0.3) is 0 Å². The van der Waals surface area contributed by atoms with Crippen LogP contribution in [0.2, 0.25) is 0 Å². The molecule has 0 heterocycles. The number of hydrogen-bond donors (Lipinski definition) is 2. The predicted octanol–water partition coefficient (Wildman–Crippen LogP) is 2.72. The van der Waals surface area contributed by atoms with Gasteiger partial charge in [-0.15, -0.1) is 0 Å². The largest absolute Gasteiger partial charge is 0.393 e. The van der Waals surface area contributed by atoms with Crippen molar-refractivity contribution in [2.75, 3.05) is 0 Å². The molecule has 2 bridgehead atoms. The third-order valence-electron chi connectivity index (χ3n) is 6.32. The Morgan fingerprint density at radius 2 is 1.71 bits per heavy atom. The molecule has 3 rings (SSSR count). The van der Waals surface area contributed by atoms with Gasteiger partial charge in [-0.2, -0.15) is 0 Å². The average Bonchev–Trinajstić information content (AvgIpc) is 2.28. The summed E-state index contributed by atoms with van der Waals surface area (Å²) in [4.78, 5) is 0. The quantitative estimate of drug-likeness (QED) is 0.681. The molecule has 0 aliphatic heterocycles. The molecule has 2 heteroatoms. The number of aliphatic hydroxyl groups excluding tert-OH is 1. The van der Waals surface area contributed by atoms with Crippen LogP contribution in [-0.4, -0.2) is 21.9 Å². The van der Waals surface area contributed by atoms with Crippen LogP contribution in [0, 0.1) is 22.7 Å². The molecular formula is C15H26O2. The van der Waals surface area contributed by atoms with Gasteiger partial charge >= 0.3 is 0 Å². The highest BCUT2D eigenvalue weighted by atomic mass is 16.3. The van der Waals surface area contributed by atoms with Crippen LogP contribution in [0.1, 0.15) is 59.3 Å². The van der Waals surface area contributed by atoms with Crippen molar-refractivity contribution in [3.8, 4) is 0 Å². The van der Waals surface area contributed by atoms with Crippen molar-refractivity contribution < 1.29 is 10.2 Å².